The highest BCUT2D eigenvalue weighted by Gasteiger charge is 1.92. The molecule has 0 atom stereocenters. The standard InChI is InChI=1S/C10H12N2O/c1-2-8-4-3-5-9(12-8)6-7-10(11)13/h3-7H,2H2,1H3,(H2,11,13)/b7-6+. The Morgan fingerprint density at radius 1 is 1.62 bits per heavy atom. The Labute approximate surface area is 77.3 Å². The third-order valence-corrected chi connectivity index (χ3v) is 1.61. The number of nitrogens with two attached hydrogens (primary N) is 1. The Morgan fingerprint density at radius 2 is 2.38 bits per heavy atom. The first-order valence-corrected chi connectivity index (χ1v) is 4.16. The fourth-order valence-electron chi connectivity index (χ4n) is 0.955. The number of carbonyl (C=O) groups is 1. The van der Waals surface area contributed by atoms with Crippen LogP contribution in [0.3, 0.4) is 0 Å². The van der Waals surface area contributed by atoms with Crippen molar-refractivity contribution >= 4 is 12.0 Å². The van der Waals surface area contributed by atoms with Gasteiger partial charge in [0.05, 0.1) is 5.69 Å². The van der Waals surface area contributed by atoms with E-state index in [4.69, 9.17) is 5.73 Å². The summed E-state index contributed by atoms with van der Waals surface area (Å²) in [7, 11) is 0. The molecule has 0 aromatic carbocycles. The largest absolute Gasteiger partial charge is 0.366 e. The van der Waals surface area contributed by atoms with Crippen molar-refractivity contribution in [1.29, 1.82) is 0 Å². The average molecular weight is 176 g/mol. The van der Waals surface area contributed by atoms with Crippen LogP contribution < -0.4 is 5.73 Å². The molecule has 2 N–H and O–H groups in total. The Balaban J connectivity index is 2.83. The number of hydrogen-bond donors (Lipinski definition) is 1. The maximum Gasteiger partial charge on any atom is 0.241 e. The van der Waals surface area contributed by atoms with E-state index in [1.54, 1.807) is 6.08 Å². The van der Waals surface area contributed by atoms with Crippen LogP contribution in [0.4, 0.5) is 0 Å². The SMILES string of the molecule is CCc1cccc(/C=C/C(N)=O)n1. The molecular weight excluding hydrogens is 164 g/mol. The van der Waals surface area contributed by atoms with Gasteiger partial charge in [-0.25, -0.2) is 0 Å². The summed E-state index contributed by atoms with van der Waals surface area (Å²) in [6.45, 7) is 2.03. The minimum atomic E-state index is -0.455. The number of aryl methyl sites for hydroxylation is 1. The molecule has 13 heavy (non-hydrogen) atoms. The molecule has 0 saturated carbocycles. The van der Waals surface area contributed by atoms with Crippen molar-refractivity contribution in [3.8, 4) is 0 Å². The quantitative estimate of drug-likeness (QED) is 0.702. The smallest absolute Gasteiger partial charge is 0.241 e. The Hall–Kier alpha value is -1.64. The van der Waals surface area contributed by atoms with Crippen molar-refractivity contribution in [3.05, 3.63) is 35.7 Å². The van der Waals surface area contributed by atoms with Crippen LogP contribution >= 0.6 is 0 Å². The maximum absolute atomic E-state index is 10.4. The molecule has 0 unspecified atom stereocenters. The summed E-state index contributed by atoms with van der Waals surface area (Å²) in [5, 5.41) is 0. The number of primary amides is 1. The van der Waals surface area contributed by atoms with Gasteiger partial charge in [0.25, 0.3) is 0 Å². The molecule has 68 valence electrons. The minimum Gasteiger partial charge on any atom is -0.366 e. The van der Waals surface area contributed by atoms with Crippen LogP contribution in [-0.4, -0.2) is 10.9 Å². The van der Waals surface area contributed by atoms with Gasteiger partial charge in [-0.1, -0.05) is 13.0 Å². The van der Waals surface area contributed by atoms with E-state index in [9.17, 15) is 4.79 Å². The average Bonchev–Trinajstić information content (AvgIpc) is 2.15. The van der Waals surface area contributed by atoms with E-state index in [1.807, 2.05) is 25.1 Å². The highest BCUT2D eigenvalue weighted by Crippen LogP contribution is 2.01. The minimum absolute atomic E-state index is 0.455. The lowest BCUT2D eigenvalue weighted by Gasteiger charge is -1.96. The Kier molecular flexibility index (Phi) is 3.20. The zero-order chi connectivity index (χ0) is 9.68. The van der Waals surface area contributed by atoms with Crippen LogP contribution in [0.5, 0.6) is 0 Å². The fourth-order valence-corrected chi connectivity index (χ4v) is 0.955. The van der Waals surface area contributed by atoms with Gasteiger partial charge in [-0.15, -0.1) is 0 Å². The highest BCUT2D eigenvalue weighted by molar-refractivity contribution is 5.89. The van der Waals surface area contributed by atoms with E-state index in [0.717, 1.165) is 17.8 Å². The molecule has 1 amide bonds. The molecule has 0 aliphatic carbocycles. The second kappa shape index (κ2) is 4.40. The monoisotopic (exact) mass is 176 g/mol. The molecule has 1 aromatic rings. The lowest BCUT2D eigenvalue weighted by Crippen LogP contribution is -2.05. The van der Waals surface area contributed by atoms with Crippen molar-refractivity contribution < 1.29 is 4.79 Å². The summed E-state index contributed by atoms with van der Waals surface area (Å²) in [5.41, 5.74) is 6.73. The summed E-state index contributed by atoms with van der Waals surface area (Å²) < 4.78 is 0. The summed E-state index contributed by atoms with van der Waals surface area (Å²) in [6, 6.07) is 5.69. The summed E-state index contributed by atoms with van der Waals surface area (Å²) in [5.74, 6) is -0.455. The Morgan fingerprint density at radius 3 is 3.00 bits per heavy atom. The predicted molar refractivity (Wildman–Crippen MR) is 51.8 cm³/mol. The van der Waals surface area contributed by atoms with E-state index >= 15 is 0 Å². The van der Waals surface area contributed by atoms with E-state index < -0.39 is 5.91 Å². The number of carbonyl (C=O) groups excluding carboxylic acids is 1. The van der Waals surface area contributed by atoms with E-state index in [2.05, 4.69) is 4.98 Å². The summed E-state index contributed by atoms with van der Waals surface area (Å²) in [4.78, 5) is 14.7. The second-order valence-corrected chi connectivity index (χ2v) is 2.64. The molecule has 0 aliphatic rings. The molecule has 1 rings (SSSR count). The van der Waals surface area contributed by atoms with Gasteiger partial charge < -0.3 is 5.73 Å². The van der Waals surface area contributed by atoms with Crippen LogP contribution in [-0.2, 0) is 11.2 Å². The van der Waals surface area contributed by atoms with Crippen LogP contribution in [0.2, 0.25) is 0 Å². The van der Waals surface area contributed by atoms with Crippen molar-refractivity contribution in [2.45, 2.75) is 13.3 Å². The van der Waals surface area contributed by atoms with Crippen molar-refractivity contribution in [1.82, 2.24) is 4.98 Å². The molecule has 0 saturated heterocycles. The normalized spacial score (nSPS) is 10.5. The lowest BCUT2D eigenvalue weighted by molar-refractivity contribution is -0.113. The lowest BCUT2D eigenvalue weighted by atomic mass is 10.2. The molecule has 0 bridgehead atoms. The number of amides is 1. The van der Waals surface area contributed by atoms with Gasteiger partial charge in [-0.05, 0) is 24.6 Å². The van der Waals surface area contributed by atoms with Gasteiger partial charge in [0.2, 0.25) is 5.91 Å². The van der Waals surface area contributed by atoms with E-state index in [1.165, 1.54) is 6.08 Å². The topological polar surface area (TPSA) is 56.0 Å². The fraction of sp³-hybridized carbons (Fsp3) is 0.200. The summed E-state index contributed by atoms with van der Waals surface area (Å²) in [6.07, 6.45) is 3.81. The molecule has 1 aromatic heterocycles. The molecule has 3 nitrogen and oxygen atoms in total. The number of nitrogens with zero attached hydrogens (tertiary/aromatic N) is 1. The third-order valence-electron chi connectivity index (χ3n) is 1.61. The molecular formula is C10H12N2O. The number of aromatic nitrogens is 1. The van der Waals surface area contributed by atoms with E-state index in [-0.39, 0.29) is 0 Å². The zero-order valence-corrected chi connectivity index (χ0v) is 7.53. The highest BCUT2D eigenvalue weighted by atomic mass is 16.1. The van der Waals surface area contributed by atoms with Gasteiger partial charge in [0, 0.05) is 11.8 Å². The van der Waals surface area contributed by atoms with Gasteiger partial charge in [0.15, 0.2) is 0 Å². The number of rotatable bonds is 3. The summed E-state index contributed by atoms with van der Waals surface area (Å²) >= 11 is 0. The van der Waals surface area contributed by atoms with Crippen LogP contribution in [0, 0.1) is 0 Å². The second-order valence-electron chi connectivity index (χ2n) is 2.64. The predicted octanol–water partition coefficient (Wildman–Crippen LogP) is 1.14. The van der Waals surface area contributed by atoms with Crippen LogP contribution in [0.1, 0.15) is 18.3 Å². The molecule has 0 aliphatic heterocycles. The first kappa shape index (κ1) is 9.45. The number of pyridine rings is 1. The molecule has 1 heterocycles. The van der Waals surface area contributed by atoms with Gasteiger partial charge in [-0.3, -0.25) is 9.78 Å². The van der Waals surface area contributed by atoms with Crippen LogP contribution in [0.25, 0.3) is 6.08 Å². The molecule has 0 fully saturated rings. The van der Waals surface area contributed by atoms with Gasteiger partial charge >= 0.3 is 0 Å². The molecule has 0 radical (unpaired) electrons. The van der Waals surface area contributed by atoms with Gasteiger partial charge in [-0.2, -0.15) is 0 Å². The third kappa shape index (κ3) is 3.07. The first-order valence-electron chi connectivity index (χ1n) is 4.16. The van der Waals surface area contributed by atoms with Crippen molar-refractivity contribution in [3.63, 3.8) is 0 Å². The van der Waals surface area contributed by atoms with E-state index in [0.29, 0.717) is 0 Å². The van der Waals surface area contributed by atoms with Gasteiger partial charge in [0.1, 0.15) is 0 Å². The molecule has 3 heteroatoms. The van der Waals surface area contributed by atoms with Crippen LogP contribution in [0.15, 0.2) is 24.3 Å². The van der Waals surface area contributed by atoms with Crippen molar-refractivity contribution in [2.75, 3.05) is 0 Å². The maximum atomic E-state index is 10.4. The number of hydrogen-bond acceptors (Lipinski definition) is 2. The first-order chi connectivity index (χ1) is 6.22. The zero-order valence-electron chi connectivity index (χ0n) is 7.53. The van der Waals surface area contributed by atoms with Crippen molar-refractivity contribution in [2.24, 2.45) is 5.73 Å². The molecule has 0 spiro atoms. The Bertz CT molecular complexity index is 331.